The number of H-pyrrole nitrogens is 1. The lowest BCUT2D eigenvalue weighted by Crippen LogP contribution is -1.85. The van der Waals surface area contributed by atoms with Gasteiger partial charge in [0, 0.05) is 12.2 Å². The third-order valence-electron chi connectivity index (χ3n) is 1.43. The third-order valence-corrected chi connectivity index (χ3v) is 2.49. The van der Waals surface area contributed by atoms with Crippen LogP contribution >= 0.6 is 11.8 Å². The Hall–Kier alpha value is -0.510. The van der Waals surface area contributed by atoms with E-state index < -0.39 is 0 Å². The number of aromatic nitrogens is 3. The molecule has 0 saturated heterocycles. The normalized spacial score (nSPS) is 10.5. The fourth-order valence-corrected chi connectivity index (χ4v) is 1.56. The fourth-order valence-electron chi connectivity index (χ4n) is 0.884. The Balaban J connectivity index is 2.41. The molecular formula is C8H15N3S. The van der Waals surface area contributed by atoms with Crippen molar-refractivity contribution in [1.82, 2.24) is 15.2 Å². The zero-order valence-electron chi connectivity index (χ0n) is 7.63. The number of nitrogens with one attached hydrogen (secondary N) is 1. The molecule has 1 N–H and O–H groups in total. The molecule has 0 amide bonds. The first kappa shape index (κ1) is 9.58. The van der Waals surface area contributed by atoms with Gasteiger partial charge in [-0.2, -0.15) is 0 Å². The SMILES string of the molecule is CCCSc1n[nH]c(CCC)n1. The number of hydrogen-bond donors (Lipinski definition) is 1. The molecular weight excluding hydrogens is 170 g/mol. The van der Waals surface area contributed by atoms with Crippen molar-refractivity contribution in [3.8, 4) is 0 Å². The van der Waals surface area contributed by atoms with E-state index in [4.69, 9.17) is 0 Å². The van der Waals surface area contributed by atoms with Crippen LogP contribution in [0.2, 0.25) is 0 Å². The molecule has 0 aromatic carbocycles. The molecule has 0 radical (unpaired) electrons. The van der Waals surface area contributed by atoms with Crippen molar-refractivity contribution in [2.45, 2.75) is 38.3 Å². The number of hydrogen-bond acceptors (Lipinski definition) is 3. The predicted molar refractivity (Wildman–Crippen MR) is 51.4 cm³/mol. The summed E-state index contributed by atoms with van der Waals surface area (Å²) in [6.45, 7) is 4.30. The maximum Gasteiger partial charge on any atom is 0.208 e. The van der Waals surface area contributed by atoms with E-state index in [1.165, 1.54) is 6.42 Å². The zero-order chi connectivity index (χ0) is 8.81. The quantitative estimate of drug-likeness (QED) is 0.715. The van der Waals surface area contributed by atoms with Crippen molar-refractivity contribution in [1.29, 1.82) is 0 Å². The Morgan fingerprint density at radius 3 is 2.83 bits per heavy atom. The first-order valence-electron chi connectivity index (χ1n) is 4.40. The number of nitrogens with zero attached hydrogens (tertiary/aromatic N) is 2. The van der Waals surface area contributed by atoms with Crippen LogP contribution in [0.15, 0.2) is 5.16 Å². The summed E-state index contributed by atoms with van der Waals surface area (Å²) in [5.74, 6) is 2.11. The second-order valence-corrected chi connectivity index (χ2v) is 3.73. The summed E-state index contributed by atoms with van der Waals surface area (Å²) in [5.41, 5.74) is 0. The van der Waals surface area contributed by atoms with Gasteiger partial charge >= 0.3 is 0 Å². The van der Waals surface area contributed by atoms with Crippen molar-refractivity contribution in [3.05, 3.63) is 5.82 Å². The zero-order valence-corrected chi connectivity index (χ0v) is 8.45. The number of aromatic amines is 1. The molecule has 0 aliphatic heterocycles. The first-order chi connectivity index (χ1) is 5.86. The molecule has 1 rings (SSSR count). The second-order valence-electron chi connectivity index (χ2n) is 2.66. The van der Waals surface area contributed by atoms with Gasteiger partial charge in [0.05, 0.1) is 0 Å². The van der Waals surface area contributed by atoms with E-state index in [0.717, 1.165) is 29.6 Å². The van der Waals surface area contributed by atoms with E-state index in [2.05, 4.69) is 29.0 Å². The Bertz CT molecular complexity index is 222. The Morgan fingerprint density at radius 1 is 1.33 bits per heavy atom. The summed E-state index contributed by atoms with van der Waals surface area (Å²) < 4.78 is 0. The molecule has 0 fully saturated rings. The lowest BCUT2D eigenvalue weighted by Gasteiger charge is -1.89. The van der Waals surface area contributed by atoms with Gasteiger partial charge in [-0.3, -0.25) is 5.10 Å². The minimum Gasteiger partial charge on any atom is -0.262 e. The van der Waals surface area contributed by atoms with E-state index in [1.54, 1.807) is 11.8 Å². The Labute approximate surface area is 77.4 Å². The van der Waals surface area contributed by atoms with Crippen molar-refractivity contribution in [2.75, 3.05) is 5.75 Å². The van der Waals surface area contributed by atoms with E-state index in [0.29, 0.717) is 0 Å². The minimum atomic E-state index is 0.889. The summed E-state index contributed by atoms with van der Waals surface area (Å²) in [4.78, 5) is 4.33. The van der Waals surface area contributed by atoms with Gasteiger partial charge in [0.15, 0.2) is 0 Å². The highest BCUT2D eigenvalue weighted by Gasteiger charge is 2.00. The van der Waals surface area contributed by atoms with Crippen LogP contribution in [0.25, 0.3) is 0 Å². The van der Waals surface area contributed by atoms with Gasteiger partial charge in [-0.1, -0.05) is 25.6 Å². The van der Waals surface area contributed by atoms with Gasteiger partial charge in [-0.25, -0.2) is 4.98 Å². The summed E-state index contributed by atoms with van der Waals surface area (Å²) in [6.07, 6.45) is 3.29. The van der Waals surface area contributed by atoms with Gasteiger partial charge < -0.3 is 0 Å². The summed E-state index contributed by atoms with van der Waals surface area (Å²) >= 11 is 1.71. The van der Waals surface area contributed by atoms with Crippen molar-refractivity contribution in [3.63, 3.8) is 0 Å². The van der Waals surface area contributed by atoms with Gasteiger partial charge in [0.2, 0.25) is 5.16 Å². The molecule has 68 valence electrons. The third kappa shape index (κ3) is 2.85. The van der Waals surface area contributed by atoms with Crippen LogP contribution in [0.5, 0.6) is 0 Å². The largest absolute Gasteiger partial charge is 0.262 e. The lowest BCUT2D eigenvalue weighted by molar-refractivity contribution is 0.840. The maximum absolute atomic E-state index is 4.33. The van der Waals surface area contributed by atoms with Gasteiger partial charge in [-0.05, 0) is 12.8 Å². The summed E-state index contributed by atoms with van der Waals surface area (Å²) in [6, 6.07) is 0. The Kier molecular flexibility index (Phi) is 4.14. The smallest absolute Gasteiger partial charge is 0.208 e. The molecule has 1 heterocycles. The van der Waals surface area contributed by atoms with Crippen LogP contribution in [-0.4, -0.2) is 20.9 Å². The molecule has 4 heteroatoms. The average Bonchev–Trinajstić information content (AvgIpc) is 2.50. The maximum atomic E-state index is 4.33. The van der Waals surface area contributed by atoms with Crippen LogP contribution in [-0.2, 0) is 6.42 Å². The monoisotopic (exact) mass is 185 g/mol. The average molecular weight is 185 g/mol. The standard InChI is InChI=1S/C8H15N3S/c1-3-5-7-9-8(11-10-7)12-6-4-2/h3-6H2,1-2H3,(H,9,10,11). The Morgan fingerprint density at radius 2 is 2.17 bits per heavy atom. The van der Waals surface area contributed by atoms with Gasteiger partial charge in [-0.15, -0.1) is 5.10 Å². The highest BCUT2D eigenvalue weighted by molar-refractivity contribution is 7.99. The first-order valence-corrected chi connectivity index (χ1v) is 5.39. The molecule has 0 aliphatic carbocycles. The van der Waals surface area contributed by atoms with Crippen LogP contribution in [0, 0.1) is 0 Å². The van der Waals surface area contributed by atoms with Gasteiger partial charge in [0.25, 0.3) is 0 Å². The molecule has 3 nitrogen and oxygen atoms in total. The summed E-state index contributed by atoms with van der Waals surface area (Å²) in [7, 11) is 0. The topological polar surface area (TPSA) is 41.6 Å². The molecule has 0 atom stereocenters. The van der Waals surface area contributed by atoms with Crippen LogP contribution in [0.4, 0.5) is 0 Å². The van der Waals surface area contributed by atoms with Crippen LogP contribution < -0.4 is 0 Å². The molecule has 0 unspecified atom stereocenters. The fraction of sp³-hybridized carbons (Fsp3) is 0.750. The molecule has 0 bridgehead atoms. The van der Waals surface area contributed by atoms with Crippen molar-refractivity contribution >= 4 is 11.8 Å². The number of rotatable bonds is 5. The number of thioether (sulfide) groups is 1. The lowest BCUT2D eigenvalue weighted by atomic mass is 10.3. The highest BCUT2D eigenvalue weighted by atomic mass is 32.2. The highest BCUT2D eigenvalue weighted by Crippen LogP contribution is 2.13. The van der Waals surface area contributed by atoms with E-state index in [1.807, 2.05) is 0 Å². The summed E-state index contributed by atoms with van der Waals surface area (Å²) in [5, 5.41) is 7.92. The van der Waals surface area contributed by atoms with Crippen LogP contribution in [0.3, 0.4) is 0 Å². The predicted octanol–water partition coefficient (Wildman–Crippen LogP) is 2.26. The van der Waals surface area contributed by atoms with E-state index in [9.17, 15) is 0 Å². The van der Waals surface area contributed by atoms with E-state index in [-0.39, 0.29) is 0 Å². The second kappa shape index (κ2) is 5.19. The molecule has 0 spiro atoms. The molecule has 0 aliphatic rings. The molecule has 0 saturated carbocycles. The van der Waals surface area contributed by atoms with Crippen molar-refractivity contribution in [2.24, 2.45) is 0 Å². The minimum absolute atomic E-state index is 0.889. The van der Waals surface area contributed by atoms with Gasteiger partial charge in [0.1, 0.15) is 5.82 Å². The molecule has 1 aromatic rings. The molecule has 12 heavy (non-hydrogen) atoms. The molecule has 1 aromatic heterocycles. The van der Waals surface area contributed by atoms with Crippen LogP contribution in [0.1, 0.15) is 32.5 Å². The number of aryl methyl sites for hydroxylation is 1. The van der Waals surface area contributed by atoms with E-state index >= 15 is 0 Å². The van der Waals surface area contributed by atoms with Crippen molar-refractivity contribution < 1.29 is 0 Å².